The second kappa shape index (κ2) is 6.31. The molecule has 1 N–H and O–H groups in total. The van der Waals surface area contributed by atoms with E-state index in [1.807, 2.05) is 17.5 Å². The Labute approximate surface area is 130 Å². The van der Waals surface area contributed by atoms with E-state index in [0.717, 1.165) is 11.3 Å². The van der Waals surface area contributed by atoms with E-state index < -0.39 is 0 Å². The Bertz CT molecular complexity index is 789. The molecule has 6 nitrogen and oxygen atoms in total. The molecule has 0 aliphatic carbocycles. The topological polar surface area (TPSA) is 76.5 Å². The van der Waals surface area contributed by atoms with Crippen molar-refractivity contribution in [3.05, 3.63) is 53.0 Å². The van der Waals surface area contributed by atoms with Crippen molar-refractivity contribution in [2.45, 2.75) is 0 Å². The van der Waals surface area contributed by atoms with Crippen LogP contribution in [0.5, 0.6) is 5.75 Å². The van der Waals surface area contributed by atoms with E-state index in [-0.39, 0.29) is 0 Å². The quantitative estimate of drug-likeness (QED) is 0.708. The first-order valence-electron chi connectivity index (χ1n) is 6.44. The standard InChI is InChI=1S/C15H12N4O2S/c1-21-14-5-4-11(19-20)7-12(14)17-15-18-13(9-22-15)10-3-2-6-16-8-10/h2-9H,1H3,(H,17,18). The maximum absolute atomic E-state index is 10.7. The molecule has 2 aromatic heterocycles. The molecule has 0 spiro atoms. The Morgan fingerprint density at radius 3 is 2.95 bits per heavy atom. The highest BCUT2D eigenvalue weighted by molar-refractivity contribution is 7.14. The second-order valence-electron chi connectivity index (χ2n) is 4.38. The number of thiazole rings is 1. The first-order valence-corrected chi connectivity index (χ1v) is 7.32. The summed E-state index contributed by atoms with van der Waals surface area (Å²) in [5, 5.41) is 8.71. The lowest BCUT2D eigenvalue weighted by atomic mass is 10.2. The number of methoxy groups -OCH3 is 1. The monoisotopic (exact) mass is 312 g/mol. The van der Waals surface area contributed by atoms with E-state index in [0.29, 0.717) is 22.3 Å². The third kappa shape index (κ3) is 2.94. The van der Waals surface area contributed by atoms with Crippen molar-refractivity contribution in [2.75, 3.05) is 12.4 Å². The van der Waals surface area contributed by atoms with Gasteiger partial charge in [0.05, 0.1) is 18.5 Å². The minimum atomic E-state index is 0.326. The number of nitrogens with zero attached hydrogens (tertiary/aromatic N) is 3. The van der Waals surface area contributed by atoms with Crippen LogP contribution < -0.4 is 10.1 Å². The summed E-state index contributed by atoms with van der Waals surface area (Å²) >= 11 is 1.46. The Balaban J connectivity index is 1.88. The predicted molar refractivity (Wildman–Crippen MR) is 87.1 cm³/mol. The molecule has 7 heteroatoms. The van der Waals surface area contributed by atoms with Gasteiger partial charge in [0.2, 0.25) is 0 Å². The summed E-state index contributed by atoms with van der Waals surface area (Å²) in [5.74, 6) is 0.616. The van der Waals surface area contributed by atoms with Gasteiger partial charge in [-0.3, -0.25) is 4.98 Å². The third-order valence-electron chi connectivity index (χ3n) is 2.99. The van der Waals surface area contributed by atoms with Gasteiger partial charge in [-0.1, -0.05) is 0 Å². The Morgan fingerprint density at radius 1 is 1.32 bits per heavy atom. The molecule has 0 aliphatic rings. The van der Waals surface area contributed by atoms with E-state index >= 15 is 0 Å². The molecule has 0 saturated heterocycles. The molecule has 22 heavy (non-hydrogen) atoms. The highest BCUT2D eigenvalue weighted by Gasteiger charge is 2.09. The van der Waals surface area contributed by atoms with Crippen molar-refractivity contribution in [2.24, 2.45) is 5.18 Å². The summed E-state index contributed by atoms with van der Waals surface area (Å²) in [6.07, 6.45) is 3.48. The molecule has 0 saturated carbocycles. The molecule has 1 aromatic carbocycles. The van der Waals surface area contributed by atoms with Gasteiger partial charge in [0.15, 0.2) is 5.13 Å². The van der Waals surface area contributed by atoms with Crippen molar-refractivity contribution in [1.82, 2.24) is 9.97 Å². The number of hydrogen-bond acceptors (Lipinski definition) is 7. The van der Waals surface area contributed by atoms with Gasteiger partial charge < -0.3 is 10.1 Å². The van der Waals surface area contributed by atoms with E-state index in [4.69, 9.17) is 4.74 Å². The maximum Gasteiger partial charge on any atom is 0.187 e. The van der Waals surface area contributed by atoms with Crippen LogP contribution in [0.1, 0.15) is 0 Å². The van der Waals surface area contributed by atoms with Crippen molar-refractivity contribution < 1.29 is 4.74 Å². The van der Waals surface area contributed by atoms with Crippen LogP contribution in [0.15, 0.2) is 53.3 Å². The van der Waals surface area contributed by atoms with E-state index in [1.54, 1.807) is 37.7 Å². The zero-order valence-corrected chi connectivity index (χ0v) is 12.5. The van der Waals surface area contributed by atoms with Crippen LogP contribution in [-0.4, -0.2) is 17.1 Å². The van der Waals surface area contributed by atoms with Gasteiger partial charge in [-0.2, -0.15) is 0 Å². The lowest BCUT2D eigenvalue weighted by molar-refractivity contribution is 0.417. The fourth-order valence-corrected chi connectivity index (χ4v) is 2.68. The van der Waals surface area contributed by atoms with Gasteiger partial charge in [0.1, 0.15) is 11.4 Å². The summed E-state index contributed by atoms with van der Waals surface area (Å²) < 4.78 is 5.27. The van der Waals surface area contributed by atoms with Gasteiger partial charge in [-0.05, 0) is 35.5 Å². The number of nitroso groups, excluding NO2 is 1. The zero-order valence-electron chi connectivity index (χ0n) is 11.7. The molecule has 0 aliphatic heterocycles. The maximum atomic E-state index is 10.7. The number of hydrogen-bond donors (Lipinski definition) is 1. The van der Waals surface area contributed by atoms with Gasteiger partial charge in [0.25, 0.3) is 0 Å². The molecule has 0 atom stereocenters. The Kier molecular flexibility index (Phi) is 4.06. The molecule has 2 heterocycles. The van der Waals surface area contributed by atoms with Gasteiger partial charge in [-0.25, -0.2) is 4.98 Å². The SMILES string of the molecule is COc1ccc(N=O)cc1Nc1nc(-c2cccnc2)cs1. The number of anilines is 2. The first-order chi connectivity index (χ1) is 10.8. The smallest absolute Gasteiger partial charge is 0.187 e. The minimum Gasteiger partial charge on any atom is -0.495 e. The Hall–Kier alpha value is -2.80. The lowest BCUT2D eigenvalue weighted by Crippen LogP contribution is -1.94. The molecule has 0 amide bonds. The molecule has 0 fully saturated rings. The summed E-state index contributed by atoms with van der Waals surface area (Å²) in [6.45, 7) is 0. The van der Waals surface area contributed by atoms with Gasteiger partial charge >= 0.3 is 0 Å². The van der Waals surface area contributed by atoms with E-state index in [2.05, 4.69) is 20.5 Å². The van der Waals surface area contributed by atoms with Gasteiger partial charge in [0, 0.05) is 23.3 Å². The van der Waals surface area contributed by atoms with Crippen LogP contribution in [-0.2, 0) is 0 Å². The van der Waals surface area contributed by atoms with Crippen molar-refractivity contribution >= 4 is 27.8 Å². The zero-order chi connectivity index (χ0) is 15.4. The highest BCUT2D eigenvalue weighted by atomic mass is 32.1. The highest BCUT2D eigenvalue weighted by Crippen LogP contribution is 2.33. The number of ether oxygens (including phenoxy) is 1. The minimum absolute atomic E-state index is 0.326. The van der Waals surface area contributed by atoms with Crippen LogP contribution in [0.2, 0.25) is 0 Å². The summed E-state index contributed by atoms with van der Waals surface area (Å²) in [4.78, 5) is 19.3. The molecule has 3 rings (SSSR count). The summed E-state index contributed by atoms with van der Waals surface area (Å²) in [6, 6.07) is 8.72. The number of nitrogens with one attached hydrogen (secondary N) is 1. The molecule has 0 unspecified atom stereocenters. The average Bonchev–Trinajstić information content (AvgIpc) is 3.04. The molecule has 0 bridgehead atoms. The largest absolute Gasteiger partial charge is 0.495 e. The number of rotatable bonds is 5. The molecular formula is C15H12N4O2S. The van der Waals surface area contributed by atoms with Crippen LogP contribution in [0, 0.1) is 4.91 Å². The normalized spacial score (nSPS) is 10.2. The van der Waals surface area contributed by atoms with Crippen molar-refractivity contribution in [1.29, 1.82) is 0 Å². The lowest BCUT2D eigenvalue weighted by Gasteiger charge is -2.08. The average molecular weight is 312 g/mol. The van der Waals surface area contributed by atoms with Crippen molar-refractivity contribution in [3.63, 3.8) is 0 Å². The van der Waals surface area contributed by atoms with Crippen LogP contribution >= 0.6 is 11.3 Å². The molecular weight excluding hydrogens is 300 g/mol. The third-order valence-corrected chi connectivity index (χ3v) is 3.75. The predicted octanol–water partition coefficient (Wildman–Crippen LogP) is 4.36. The fourth-order valence-electron chi connectivity index (χ4n) is 1.94. The number of aromatic nitrogens is 2. The summed E-state index contributed by atoms with van der Waals surface area (Å²) in [5.41, 5.74) is 2.75. The van der Waals surface area contributed by atoms with Crippen LogP contribution in [0.4, 0.5) is 16.5 Å². The van der Waals surface area contributed by atoms with E-state index in [9.17, 15) is 4.91 Å². The van der Waals surface area contributed by atoms with Gasteiger partial charge in [-0.15, -0.1) is 16.2 Å². The fraction of sp³-hybridized carbons (Fsp3) is 0.0667. The molecule has 110 valence electrons. The summed E-state index contributed by atoms with van der Waals surface area (Å²) in [7, 11) is 1.57. The number of pyridine rings is 1. The molecule has 3 aromatic rings. The van der Waals surface area contributed by atoms with Crippen molar-refractivity contribution in [3.8, 4) is 17.0 Å². The number of benzene rings is 1. The van der Waals surface area contributed by atoms with Crippen LogP contribution in [0.25, 0.3) is 11.3 Å². The first kappa shape index (κ1) is 14.2. The second-order valence-corrected chi connectivity index (χ2v) is 5.24. The molecule has 0 radical (unpaired) electrons. The van der Waals surface area contributed by atoms with E-state index in [1.165, 1.54) is 11.3 Å². The van der Waals surface area contributed by atoms with Crippen LogP contribution in [0.3, 0.4) is 0 Å². The Morgan fingerprint density at radius 2 is 2.23 bits per heavy atom.